The Balaban J connectivity index is 2.36. The second-order valence-electron chi connectivity index (χ2n) is 4.27. The fourth-order valence-electron chi connectivity index (χ4n) is 2.18. The van der Waals surface area contributed by atoms with Gasteiger partial charge in [0, 0.05) is 21.8 Å². The Morgan fingerprint density at radius 2 is 2.35 bits per heavy atom. The Hall–Kier alpha value is -0.0600. The zero-order chi connectivity index (χ0) is 12.3. The monoisotopic (exact) mass is 317 g/mol. The Labute approximate surface area is 115 Å². The van der Waals surface area contributed by atoms with Gasteiger partial charge in [-0.15, -0.1) is 0 Å². The quantitative estimate of drug-likeness (QED) is 0.893. The van der Waals surface area contributed by atoms with Gasteiger partial charge in [0.1, 0.15) is 5.82 Å². The predicted molar refractivity (Wildman–Crippen MR) is 75.9 cm³/mol. The zero-order valence-corrected chi connectivity index (χ0v) is 12.3. The van der Waals surface area contributed by atoms with E-state index in [0.717, 1.165) is 46.5 Å². The van der Waals surface area contributed by atoms with Crippen LogP contribution < -0.4 is 5.32 Å². The van der Waals surface area contributed by atoms with Gasteiger partial charge in [-0.3, -0.25) is 0 Å². The maximum Gasteiger partial charge on any atom is 0.127 e. The molecule has 0 saturated heterocycles. The predicted octanol–water partition coefficient (Wildman–Crippen LogP) is 4.27. The summed E-state index contributed by atoms with van der Waals surface area (Å²) in [5.41, 5.74) is 2.00. The molecule has 0 saturated carbocycles. The summed E-state index contributed by atoms with van der Waals surface area (Å²) >= 11 is 5.38. The molecule has 4 heteroatoms. The number of hydrogen-bond donors (Lipinski definition) is 1. The first-order chi connectivity index (χ1) is 8.24. The molecule has 94 valence electrons. The lowest BCUT2D eigenvalue weighted by atomic mass is 9.99. The van der Waals surface area contributed by atoms with Crippen LogP contribution in [-0.4, -0.2) is 12.3 Å². The summed E-state index contributed by atoms with van der Waals surface area (Å²) < 4.78 is 14.9. The number of rotatable bonds is 3. The van der Waals surface area contributed by atoms with Crippen LogP contribution in [0.5, 0.6) is 0 Å². The second kappa shape index (κ2) is 6.21. The molecular weight excluding hydrogens is 301 g/mol. The molecule has 1 aliphatic rings. The first kappa shape index (κ1) is 13.4. The van der Waals surface area contributed by atoms with Crippen LogP contribution >= 0.6 is 27.7 Å². The highest BCUT2D eigenvalue weighted by molar-refractivity contribution is 9.10. The lowest BCUT2D eigenvalue weighted by Crippen LogP contribution is -2.23. The maximum atomic E-state index is 13.9. The van der Waals surface area contributed by atoms with Gasteiger partial charge in [0.2, 0.25) is 0 Å². The topological polar surface area (TPSA) is 12.0 Å². The van der Waals surface area contributed by atoms with Crippen LogP contribution in [0.1, 0.15) is 36.9 Å². The third kappa shape index (κ3) is 3.04. The third-order valence-electron chi connectivity index (χ3n) is 3.03. The van der Waals surface area contributed by atoms with Crippen molar-refractivity contribution in [3.8, 4) is 0 Å². The van der Waals surface area contributed by atoms with Gasteiger partial charge in [-0.25, -0.2) is 4.39 Å². The van der Waals surface area contributed by atoms with E-state index in [0.29, 0.717) is 0 Å². The zero-order valence-electron chi connectivity index (χ0n) is 9.93. The van der Waals surface area contributed by atoms with Crippen molar-refractivity contribution < 1.29 is 4.39 Å². The molecule has 1 aromatic rings. The lowest BCUT2D eigenvalue weighted by Gasteiger charge is -2.20. The number of thioether (sulfide) groups is 1. The number of halogens is 2. The standard InChI is InChI=1S/C13H17BrFNS/c1-2-6-16-12-5-7-17-8-9-11(15)4-3-10(14)13(9)12/h3-4,12,16H,2,5-8H2,1H3. The van der Waals surface area contributed by atoms with Crippen molar-refractivity contribution in [1.82, 2.24) is 5.32 Å². The molecule has 1 atom stereocenters. The number of fused-ring (bicyclic) bond motifs is 1. The van der Waals surface area contributed by atoms with Gasteiger partial charge >= 0.3 is 0 Å². The molecular formula is C13H17BrFNS. The number of nitrogens with one attached hydrogen (secondary N) is 1. The number of hydrogen-bond acceptors (Lipinski definition) is 2. The molecule has 0 fully saturated rings. The Morgan fingerprint density at radius 3 is 3.12 bits per heavy atom. The Bertz CT molecular complexity index is 397. The molecule has 1 unspecified atom stereocenters. The van der Waals surface area contributed by atoms with Crippen LogP contribution in [0.3, 0.4) is 0 Å². The molecule has 17 heavy (non-hydrogen) atoms. The summed E-state index contributed by atoms with van der Waals surface area (Å²) in [6.45, 7) is 3.14. The average molecular weight is 318 g/mol. The summed E-state index contributed by atoms with van der Waals surface area (Å²) in [6, 6.07) is 3.67. The van der Waals surface area contributed by atoms with Crippen LogP contribution in [0.4, 0.5) is 4.39 Å². The van der Waals surface area contributed by atoms with E-state index in [2.05, 4.69) is 28.2 Å². The van der Waals surface area contributed by atoms with Crippen molar-refractivity contribution in [2.24, 2.45) is 0 Å². The average Bonchev–Trinajstić information content (AvgIpc) is 2.54. The Kier molecular flexibility index (Phi) is 4.88. The van der Waals surface area contributed by atoms with Crippen LogP contribution in [0, 0.1) is 5.82 Å². The van der Waals surface area contributed by atoms with Gasteiger partial charge in [0.25, 0.3) is 0 Å². The van der Waals surface area contributed by atoms with E-state index in [9.17, 15) is 4.39 Å². The molecule has 0 aromatic heterocycles. The van der Waals surface area contributed by atoms with Crippen molar-refractivity contribution in [2.75, 3.05) is 12.3 Å². The summed E-state index contributed by atoms with van der Waals surface area (Å²) in [7, 11) is 0. The minimum atomic E-state index is -0.0686. The van der Waals surface area contributed by atoms with E-state index in [-0.39, 0.29) is 11.9 Å². The van der Waals surface area contributed by atoms with Crippen LogP contribution in [0.2, 0.25) is 0 Å². The molecule has 0 bridgehead atoms. The van der Waals surface area contributed by atoms with E-state index in [1.54, 1.807) is 6.07 Å². The molecule has 1 aromatic carbocycles. The first-order valence-corrected chi connectivity index (χ1v) is 7.96. The van der Waals surface area contributed by atoms with Crippen LogP contribution in [0.15, 0.2) is 16.6 Å². The van der Waals surface area contributed by atoms with E-state index in [1.807, 2.05) is 17.8 Å². The highest BCUT2D eigenvalue weighted by Gasteiger charge is 2.23. The summed E-state index contributed by atoms with van der Waals surface area (Å²) in [5.74, 6) is 1.80. The molecule has 1 aliphatic heterocycles. The minimum absolute atomic E-state index is 0.0686. The third-order valence-corrected chi connectivity index (χ3v) is 4.74. The van der Waals surface area contributed by atoms with Crippen LogP contribution in [-0.2, 0) is 5.75 Å². The van der Waals surface area contributed by atoms with Gasteiger partial charge in [0.05, 0.1) is 0 Å². The smallest absolute Gasteiger partial charge is 0.127 e. The molecule has 0 radical (unpaired) electrons. The van der Waals surface area contributed by atoms with Gasteiger partial charge in [0.15, 0.2) is 0 Å². The molecule has 0 spiro atoms. The second-order valence-corrected chi connectivity index (χ2v) is 6.23. The minimum Gasteiger partial charge on any atom is -0.310 e. The van der Waals surface area contributed by atoms with Crippen molar-refractivity contribution in [3.05, 3.63) is 33.5 Å². The van der Waals surface area contributed by atoms with Crippen molar-refractivity contribution in [2.45, 2.75) is 31.6 Å². The molecule has 1 heterocycles. The fraction of sp³-hybridized carbons (Fsp3) is 0.538. The number of benzene rings is 1. The molecule has 0 amide bonds. The lowest BCUT2D eigenvalue weighted by molar-refractivity contribution is 0.513. The summed E-state index contributed by atoms with van der Waals surface area (Å²) in [4.78, 5) is 0. The molecule has 1 N–H and O–H groups in total. The summed E-state index contributed by atoms with van der Waals surface area (Å²) in [5, 5.41) is 3.53. The van der Waals surface area contributed by atoms with E-state index < -0.39 is 0 Å². The van der Waals surface area contributed by atoms with E-state index in [1.165, 1.54) is 0 Å². The molecule has 1 nitrogen and oxygen atoms in total. The fourth-order valence-corrected chi connectivity index (χ4v) is 3.87. The normalized spacial score (nSPS) is 19.8. The van der Waals surface area contributed by atoms with Crippen molar-refractivity contribution in [1.29, 1.82) is 0 Å². The molecule has 0 aliphatic carbocycles. The van der Waals surface area contributed by atoms with E-state index in [4.69, 9.17) is 0 Å². The van der Waals surface area contributed by atoms with Crippen LogP contribution in [0.25, 0.3) is 0 Å². The summed E-state index contributed by atoms with van der Waals surface area (Å²) in [6.07, 6.45) is 2.17. The first-order valence-electron chi connectivity index (χ1n) is 6.02. The largest absolute Gasteiger partial charge is 0.310 e. The van der Waals surface area contributed by atoms with Gasteiger partial charge in [-0.1, -0.05) is 22.9 Å². The van der Waals surface area contributed by atoms with Crippen molar-refractivity contribution >= 4 is 27.7 Å². The molecule has 2 rings (SSSR count). The highest BCUT2D eigenvalue weighted by Crippen LogP contribution is 2.36. The SMILES string of the molecule is CCCNC1CCSCc2c(F)ccc(Br)c21. The van der Waals surface area contributed by atoms with Gasteiger partial charge in [-0.2, -0.15) is 11.8 Å². The Morgan fingerprint density at radius 1 is 1.53 bits per heavy atom. The van der Waals surface area contributed by atoms with Gasteiger partial charge in [-0.05, 0) is 42.8 Å². The maximum absolute atomic E-state index is 13.9. The van der Waals surface area contributed by atoms with Gasteiger partial charge < -0.3 is 5.32 Å². The van der Waals surface area contributed by atoms with E-state index >= 15 is 0 Å². The highest BCUT2D eigenvalue weighted by atomic mass is 79.9. The van der Waals surface area contributed by atoms with Crippen molar-refractivity contribution in [3.63, 3.8) is 0 Å².